The molecule has 0 aliphatic rings. The maximum absolute atomic E-state index is 10.8. The summed E-state index contributed by atoms with van der Waals surface area (Å²) in [6.07, 6.45) is 4.91. The predicted octanol–water partition coefficient (Wildman–Crippen LogP) is 1.76. The molecule has 0 saturated carbocycles. The molecule has 0 bridgehead atoms. The average molecular weight is 229 g/mol. The standard InChI is InChI=1S/C13H15N3O/c1-10(2)13(17,11-6-3-4-7-14-11)12-15-8-5-9-16-12/h3-10,17H,1-2H3. The molecule has 4 nitrogen and oxygen atoms in total. The Bertz CT molecular complexity index is 431. The van der Waals surface area contributed by atoms with E-state index in [-0.39, 0.29) is 5.92 Å². The quantitative estimate of drug-likeness (QED) is 0.871. The smallest absolute Gasteiger partial charge is 0.168 e. The van der Waals surface area contributed by atoms with Crippen LogP contribution in [0.4, 0.5) is 0 Å². The highest BCUT2D eigenvalue weighted by Crippen LogP contribution is 2.32. The molecule has 4 heteroatoms. The van der Waals surface area contributed by atoms with Crippen molar-refractivity contribution in [1.82, 2.24) is 15.0 Å². The van der Waals surface area contributed by atoms with Gasteiger partial charge in [-0.1, -0.05) is 19.9 Å². The molecule has 88 valence electrons. The minimum atomic E-state index is -1.25. The van der Waals surface area contributed by atoms with E-state index in [9.17, 15) is 5.11 Å². The minimum Gasteiger partial charge on any atom is -0.375 e. The van der Waals surface area contributed by atoms with E-state index in [1.54, 1.807) is 30.7 Å². The van der Waals surface area contributed by atoms with Crippen molar-refractivity contribution in [1.29, 1.82) is 0 Å². The number of hydrogen-bond donors (Lipinski definition) is 1. The first kappa shape index (κ1) is 11.7. The molecule has 0 aliphatic heterocycles. The van der Waals surface area contributed by atoms with Crippen LogP contribution in [0.15, 0.2) is 42.9 Å². The van der Waals surface area contributed by atoms with Crippen LogP contribution in [-0.4, -0.2) is 20.1 Å². The van der Waals surface area contributed by atoms with Gasteiger partial charge in [-0.3, -0.25) is 4.98 Å². The number of nitrogens with zero attached hydrogens (tertiary/aromatic N) is 3. The lowest BCUT2D eigenvalue weighted by molar-refractivity contribution is 0.0188. The molecular formula is C13H15N3O. The van der Waals surface area contributed by atoms with E-state index >= 15 is 0 Å². The van der Waals surface area contributed by atoms with Crippen LogP contribution in [0.25, 0.3) is 0 Å². The Morgan fingerprint density at radius 1 is 1.00 bits per heavy atom. The summed E-state index contributed by atoms with van der Waals surface area (Å²) in [5, 5.41) is 10.8. The topological polar surface area (TPSA) is 58.9 Å². The summed E-state index contributed by atoms with van der Waals surface area (Å²) in [7, 11) is 0. The molecule has 0 amide bonds. The van der Waals surface area contributed by atoms with Crippen molar-refractivity contribution >= 4 is 0 Å². The maximum Gasteiger partial charge on any atom is 0.168 e. The van der Waals surface area contributed by atoms with Crippen molar-refractivity contribution in [2.24, 2.45) is 5.92 Å². The van der Waals surface area contributed by atoms with Crippen LogP contribution in [0.3, 0.4) is 0 Å². The lowest BCUT2D eigenvalue weighted by Gasteiger charge is -2.29. The zero-order valence-electron chi connectivity index (χ0n) is 9.91. The fraction of sp³-hybridized carbons (Fsp3) is 0.308. The van der Waals surface area contributed by atoms with Gasteiger partial charge in [0.2, 0.25) is 0 Å². The molecule has 0 aliphatic carbocycles. The van der Waals surface area contributed by atoms with Gasteiger partial charge >= 0.3 is 0 Å². The molecule has 1 atom stereocenters. The van der Waals surface area contributed by atoms with Gasteiger partial charge in [-0.2, -0.15) is 0 Å². The lowest BCUT2D eigenvalue weighted by Crippen LogP contribution is -2.36. The van der Waals surface area contributed by atoms with Crippen LogP contribution in [0.2, 0.25) is 0 Å². The fourth-order valence-corrected chi connectivity index (χ4v) is 1.75. The summed E-state index contributed by atoms with van der Waals surface area (Å²) in [4.78, 5) is 12.5. The highest BCUT2D eigenvalue weighted by Gasteiger charge is 2.39. The van der Waals surface area contributed by atoms with Crippen molar-refractivity contribution < 1.29 is 5.11 Å². The molecule has 1 N–H and O–H groups in total. The van der Waals surface area contributed by atoms with Crippen molar-refractivity contribution in [3.05, 3.63) is 54.4 Å². The number of aromatic nitrogens is 3. The Kier molecular flexibility index (Phi) is 3.15. The van der Waals surface area contributed by atoms with Crippen LogP contribution in [0, 0.1) is 5.92 Å². The second-order valence-corrected chi connectivity index (χ2v) is 4.21. The van der Waals surface area contributed by atoms with Gasteiger partial charge in [0.25, 0.3) is 0 Å². The number of hydrogen-bond acceptors (Lipinski definition) is 4. The molecular weight excluding hydrogens is 214 g/mol. The summed E-state index contributed by atoms with van der Waals surface area (Å²) in [6.45, 7) is 3.84. The van der Waals surface area contributed by atoms with E-state index in [1.165, 1.54) is 0 Å². The number of aliphatic hydroxyl groups is 1. The van der Waals surface area contributed by atoms with Crippen LogP contribution < -0.4 is 0 Å². The van der Waals surface area contributed by atoms with E-state index in [1.807, 2.05) is 26.0 Å². The SMILES string of the molecule is CC(C)C(O)(c1ccccn1)c1ncccn1. The van der Waals surface area contributed by atoms with Crippen molar-refractivity contribution in [3.63, 3.8) is 0 Å². The Morgan fingerprint density at radius 2 is 1.65 bits per heavy atom. The van der Waals surface area contributed by atoms with Crippen LogP contribution >= 0.6 is 0 Å². The molecule has 0 spiro atoms. The maximum atomic E-state index is 10.8. The number of rotatable bonds is 3. The van der Waals surface area contributed by atoms with Crippen molar-refractivity contribution in [2.75, 3.05) is 0 Å². The Labute approximate surface area is 100 Å². The van der Waals surface area contributed by atoms with E-state index in [0.717, 1.165) is 0 Å². The molecule has 17 heavy (non-hydrogen) atoms. The highest BCUT2D eigenvalue weighted by molar-refractivity contribution is 5.23. The molecule has 0 radical (unpaired) electrons. The molecule has 2 aromatic heterocycles. The summed E-state index contributed by atoms with van der Waals surface area (Å²) >= 11 is 0. The van der Waals surface area contributed by atoms with Gasteiger partial charge in [-0.15, -0.1) is 0 Å². The van der Waals surface area contributed by atoms with Gasteiger partial charge in [-0.05, 0) is 24.1 Å². The third kappa shape index (κ3) is 2.03. The van der Waals surface area contributed by atoms with Gasteiger partial charge < -0.3 is 5.11 Å². The second kappa shape index (κ2) is 4.59. The molecule has 2 rings (SSSR count). The minimum absolute atomic E-state index is 0.0696. The van der Waals surface area contributed by atoms with Crippen molar-refractivity contribution in [2.45, 2.75) is 19.4 Å². The first-order valence-electron chi connectivity index (χ1n) is 5.57. The van der Waals surface area contributed by atoms with Gasteiger partial charge in [0.15, 0.2) is 11.4 Å². The van der Waals surface area contributed by atoms with Crippen LogP contribution in [0.1, 0.15) is 25.4 Å². The molecule has 0 saturated heterocycles. The second-order valence-electron chi connectivity index (χ2n) is 4.21. The van der Waals surface area contributed by atoms with Gasteiger partial charge in [0, 0.05) is 18.6 Å². The third-order valence-corrected chi connectivity index (χ3v) is 2.80. The van der Waals surface area contributed by atoms with E-state index in [4.69, 9.17) is 0 Å². The van der Waals surface area contributed by atoms with E-state index in [0.29, 0.717) is 11.5 Å². The monoisotopic (exact) mass is 229 g/mol. The first-order chi connectivity index (χ1) is 8.15. The number of pyridine rings is 1. The summed E-state index contributed by atoms with van der Waals surface area (Å²) in [5.74, 6) is 0.313. The zero-order chi connectivity index (χ0) is 12.3. The predicted molar refractivity (Wildman–Crippen MR) is 64.1 cm³/mol. The average Bonchev–Trinajstić information content (AvgIpc) is 2.39. The Hall–Kier alpha value is -1.81. The lowest BCUT2D eigenvalue weighted by atomic mass is 9.85. The van der Waals surface area contributed by atoms with Crippen LogP contribution in [0.5, 0.6) is 0 Å². The Morgan fingerprint density at radius 3 is 2.18 bits per heavy atom. The Balaban J connectivity index is 2.55. The molecule has 0 fully saturated rings. The fourth-order valence-electron chi connectivity index (χ4n) is 1.75. The summed E-state index contributed by atoms with van der Waals surface area (Å²) in [5.41, 5.74) is -0.677. The van der Waals surface area contributed by atoms with Crippen LogP contribution in [-0.2, 0) is 5.60 Å². The first-order valence-corrected chi connectivity index (χ1v) is 5.57. The highest BCUT2D eigenvalue weighted by atomic mass is 16.3. The zero-order valence-corrected chi connectivity index (χ0v) is 9.91. The summed E-state index contributed by atoms with van der Waals surface area (Å²) in [6, 6.07) is 7.17. The molecule has 2 aromatic rings. The molecule has 1 unspecified atom stereocenters. The van der Waals surface area contributed by atoms with Gasteiger partial charge in [-0.25, -0.2) is 9.97 Å². The van der Waals surface area contributed by atoms with Gasteiger partial charge in [0.05, 0.1) is 5.69 Å². The molecule has 2 heterocycles. The summed E-state index contributed by atoms with van der Waals surface area (Å²) < 4.78 is 0. The third-order valence-electron chi connectivity index (χ3n) is 2.80. The van der Waals surface area contributed by atoms with E-state index < -0.39 is 5.60 Å². The van der Waals surface area contributed by atoms with E-state index in [2.05, 4.69) is 15.0 Å². The molecule has 0 aromatic carbocycles. The van der Waals surface area contributed by atoms with Gasteiger partial charge in [0.1, 0.15) is 0 Å². The van der Waals surface area contributed by atoms with Crippen molar-refractivity contribution in [3.8, 4) is 0 Å². The normalized spacial score (nSPS) is 14.6. The largest absolute Gasteiger partial charge is 0.375 e.